The van der Waals surface area contributed by atoms with Gasteiger partial charge in [-0.05, 0) is 32.1 Å². The molecule has 0 aromatic carbocycles. The van der Waals surface area contributed by atoms with Gasteiger partial charge in [-0.1, -0.05) is 51.2 Å². The molecule has 0 aromatic heterocycles. The molecular weight excluding hydrogens is 224 g/mol. The predicted molar refractivity (Wildman–Crippen MR) is 77.6 cm³/mol. The highest BCUT2D eigenvalue weighted by atomic mass is 16.5. The summed E-state index contributed by atoms with van der Waals surface area (Å²) in [6.07, 6.45) is 17.6. The zero-order valence-corrected chi connectivity index (χ0v) is 12.2. The predicted octanol–water partition coefficient (Wildman–Crippen LogP) is 5.03. The maximum Gasteiger partial charge on any atom is 0.305 e. The zero-order chi connectivity index (χ0) is 13.5. The number of unbranched alkanes of at least 4 members (excludes halogenated alkanes) is 8. The van der Waals surface area contributed by atoms with Gasteiger partial charge in [0.1, 0.15) is 0 Å². The minimum absolute atomic E-state index is 0.0787. The Hall–Kier alpha value is -0.790. The number of allylic oxidation sites excluding steroid dienone is 2. The van der Waals surface area contributed by atoms with Crippen LogP contribution in [0.25, 0.3) is 0 Å². The lowest BCUT2D eigenvalue weighted by molar-refractivity contribution is -0.140. The monoisotopic (exact) mass is 254 g/mol. The van der Waals surface area contributed by atoms with Gasteiger partial charge in [0.25, 0.3) is 0 Å². The van der Waals surface area contributed by atoms with Crippen LogP contribution in [-0.4, -0.2) is 13.1 Å². The summed E-state index contributed by atoms with van der Waals surface area (Å²) in [6.45, 7) is 2.24. The van der Waals surface area contributed by atoms with E-state index >= 15 is 0 Å². The van der Waals surface area contributed by atoms with Gasteiger partial charge in [-0.15, -0.1) is 0 Å². The van der Waals surface area contributed by atoms with Gasteiger partial charge in [0.15, 0.2) is 0 Å². The summed E-state index contributed by atoms with van der Waals surface area (Å²) >= 11 is 0. The standard InChI is InChI=1S/C16H30O2/c1-3-4-5-6-7-8-9-10-11-12-13-14-15-16(17)18-2/h7-8H,3-6,9-15H2,1-2H3/b8-7-. The molecule has 0 spiro atoms. The van der Waals surface area contributed by atoms with E-state index in [0.29, 0.717) is 6.42 Å². The van der Waals surface area contributed by atoms with E-state index in [1.165, 1.54) is 58.5 Å². The summed E-state index contributed by atoms with van der Waals surface area (Å²) in [7, 11) is 1.45. The molecule has 106 valence electrons. The fraction of sp³-hybridized carbons (Fsp3) is 0.812. The number of carbonyl (C=O) groups excluding carboxylic acids is 1. The minimum atomic E-state index is -0.0787. The van der Waals surface area contributed by atoms with Crippen molar-refractivity contribution in [2.75, 3.05) is 7.11 Å². The molecule has 0 aromatic rings. The summed E-state index contributed by atoms with van der Waals surface area (Å²) in [5.41, 5.74) is 0. The molecule has 0 saturated carbocycles. The quantitative estimate of drug-likeness (QED) is 0.277. The van der Waals surface area contributed by atoms with Crippen LogP contribution in [-0.2, 0) is 9.53 Å². The van der Waals surface area contributed by atoms with Gasteiger partial charge < -0.3 is 4.74 Å². The number of hydrogen-bond acceptors (Lipinski definition) is 2. The van der Waals surface area contributed by atoms with E-state index in [9.17, 15) is 4.79 Å². The van der Waals surface area contributed by atoms with Gasteiger partial charge in [0.05, 0.1) is 7.11 Å². The summed E-state index contributed by atoms with van der Waals surface area (Å²) in [6, 6.07) is 0. The first-order valence-electron chi connectivity index (χ1n) is 7.53. The summed E-state index contributed by atoms with van der Waals surface area (Å²) in [4.78, 5) is 10.9. The lowest BCUT2D eigenvalue weighted by Crippen LogP contribution is -1.98. The molecule has 0 aliphatic carbocycles. The molecule has 0 fully saturated rings. The first kappa shape index (κ1) is 17.2. The highest BCUT2D eigenvalue weighted by Gasteiger charge is 1.98. The van der Waals surface area contributed by atoms with Crippen LogP contribution in [0.4, 0.5) is 0 Å². The maximum atomic E-state index is 10.9. The molecule has 0 radical (unpaired) electrons. The molecular formula is C16H30O2. The van der Waals surface area contributed by atoms with E-state index in [0.717, 1.165) is 12.8 Å². The highest BCUT2D eigenvalue weighted by molar-refractivity contribution is 5.68. The minimum Gasteiger partial charge on any atom is -0.469 e. The van der Waals surface area contributed by atoms with Crippen LogP contribution in [0.2, 0.25) is 0 Å². The van der Waals surface area contributed by atoms with Crippen molar-refractivity contribution in [3.05, 3.63) is 12.2 Å². The van der Waals surface area contributed by atoms with E-state index in [1.807, 2.05) is 0 Å². The molecule has 2 nitrogen and oxygen atoms in total. The smallest absolute Gasteiger partial charge is 0.305 e. The summed E-state index contributed by atoms with van der Waals surface area (Å²) in [5.74, 6) is -0.0787. The average molecular weight is 254 g/mol. The van der Waals surface area contributed by atoms with Gasteiger partial charge in [0.2, 0.25) is 0 Å². The van der Waals surface area contributed by atoms with Gasteiger partial charge >= 0.3 is 5.97 Å². The molecule has 0 atom stereocenters. The van der Waals surface area contributed by atoms with Gasteiger partial charge in [-0.25, -0.2) is 0 Å². The topological polar surface area (TPSA) is 26.3 Å². The average Bonchev–Trinajstić information content (AvgIpc) is 2.39. The zero-order valence-electron chi connectivity index (χ0n) is 12.2. The lowest BCUT2D eigenvalue weighted by Gasteiger charge is -2.00. The third kappa shape index (κ3) is 13.3. The molecule has 0 heterocycles. The van der Waals surface area contributed by atoms with Gasteiger partial charge in [-0.2, -0.15) is 0 Å². The van der Waals surface area contributed by atoms with E-state index in [-0.39, 0.29) is 5.97 Å². The van der Waals surface area contributed by atoms with Gasteiger partial charge in [-0.3, -0.25) is 4.79 Å². The van der Waals surface area contributed by atoms with Crippen LogP contribution >= 0.6 is 0 Å². The Balaban J connectivity index is 3.09. The number of esters is 1. The fourth-order valence-corrected chi connectivity index (χ4v) is 1.91. The number of methoxy groups -OCH3 is 1. The molecule has 0 amide bonds. The van der Waals surface area contributed by atoms with Crippen LogP contribution in [0.15, 0.2) is 12.2 Å². The van der Waals surface area contributed by atoms with Gasteiger partial charge in [0, 0.05) is 6.42 Å². The number of ether oxygens (including phenoxy) is 1. The summed E-state index contributed by atoms with van der Waals surface area (Å²) < 4.78 is 4.60. The van der Waals surface area contributed by atoms with Crippen molar-refractivity contribution in [2.45, 2.75) is 77.6 Å². The van der Waals surface area contributed by atoms with Crippen LogP contribution in [0.5, 0.6) is 0 Å². The second kappa shape index (κ2) is 14.3. The largest absolute Gasteiger partial charge is 0.469 e. The summed E-state index contributed by atoms with van der Waals surface area (Å²) in [5, 5.41) is 0. The molecule has 0 rings (SSSR count). The van der Waals surface area contributed by atoms with Crippen molar-refractivity contribution < 1.29 is 9.53 Å². The Labute approximate surface area is 113 Å². The molecule has 2 heteroatoms. The van der Waals surface area contributed by atoms with Crippen LogP contribution in [0, 0.1) is 0 Å². The van der Waals surface area contributed by atoms with Crippen molar-refractivity contribution in [1.82, 2.24) is 0 Å². The molecule has 18 heavy (non-hydrogen) atoms. The molecule has 0 aliphatic heterocycles. The van der Waals surface area contributed by atoms with Crippen molar-refractivity contribution in [3.63, 3.8) is 0 Å². The Morgan fingerprint density at radius 3 is 2.06 bits per heavy atom. The van der Waals surface area contributed by atoms with Crippen molar-refractivity contribution in [3.8, 4) is 0 Å². The molecule has 0 N–H and O–H groups in total. The van der Waals surface area contributed by atoms with E-state index in [2.05, 4.69) is 23.8 Å². The molecule has 0 unspecified atom stereocenters. The third-order valence-electron chi connectivity index (χ3n) is 3.12. The Bertz CT molecular complexity index is 209. The van der Waals surface area contributed by atoms with Crippen LogP contribution in [0.3, 0.4) is 0 Å². The highest BCUT2D eigenvalue weighted by Crippen LogP contribution is 2.08. The Morgan fingerprint density at radius 2 is 1.44 bits per heavy atom. The molecule has 0 bridgehead atoms. The lowest BCUT2D eigenvalue weighted by atomic mass is 10.1. The van der Waals surface area contributed by atoms with E-state index in [4.69, 9.17) is 0 Å². The third-order valence-corrected chi connectivity index (χ3v) is 3.12. The Kier molecular flexibility index (Phi) is 13.6. The van der Waals surface area contributed by atoms with E-state index < -0.39 is 0 Å². The van der Waals surface area contributed by atoms with E-state index in [1.54, 1.807) is 0 Å². The normalized spacial score (nSPS) is 11.0. The SMILES string of the molecule is CCCCC/C=C\CCCCCCCC(=O)OC. The van der Waals surface area contributed by atoms with Crippen molar-refractivity contribution in [2.24, 2.45) is 0 Å². The first-order chi connectivity index (χ1) is 8.81. The van der Waals surface area contributed by atoms with Crippen LogP contribution < -0.4 is 0 Å². The van der Waals surface area contributed by atoms with Crippen molar-refractivity contribution in [1.29, 1.82) is 0 Å². The molecule has 0 aliphatic rings. The number of hydrogen-bond donors (Lipinski definition) is 0. The Morgan fingerprint density at radius 1 is 0.889 bits per heavy atom. The van der Waals surface area contributed by atoms with Crippen LogP contribution in [0.1, 0.15) is 77.6 Å². The maximum absolute atomic E-state index is 10.9. The number of rotatable bonds is 12. The fourth-order valence-electron chi connectivity index (χ4n) is 1.91. The second-order valence-electron chi connectivity index (χ2n) is 4.85. The van der Waals surface area contributed by atoms with Crippen molar-refractivity contribution >= 4 is 5.97 Å². The molecule has 0 saturated heterocycles. The second-order valence-corrected chi connectivity index (χ2v) is 4.85. The first-order valence-corrected chi connectivity index (χ1v) is 7.53. The number of carbonyl (C=O) groups is 1.